The lowest BCUT2D eigenvalue weighted by molar-refractivity contribution is -0.140. The molecule has 2 saturated heterocycles. The predicted molar refractivity (Wildman–Crippen MR) is 103 cm³/mol. The van der Waals surface area contributed by atoms with Crippen LogP contribution >= 0.6 is 0 Å². The molecule has 0 bridgehead atoms. The molecule has 0 aromatic carbocycles. The number of likely N-dealkylation sites (tertiary alicyclic amines) is 2. The molecule has 2 amide bonds. The lowest BCUT2D eigenvalue weighted by atomic mass is 9.96. The molecule has 1 aromatic heterocycles. The number of hydrogen-bond acceptors (Lipinski definition) is 5. The van der Waals surface area contributed by atoms with Crippen LogP contribution in [0.15, 0.2) is 4.42 Å². The summed E-state index contributed by atoms with van der Waals surface area (Å²) in [4.78, 5) is 28.8. The molecule has 154 valence electrons. The van der Waals surface area contributed by atoms with Gasteiger partial charge in [-0.25, -0.2) is 0 Å². The van der Waals surface area contributed by atoms with Gasteiger partial charge in [-0.1, -0.05) is 19.8 Å². The smallest absolute Gasteiger partial charge is 0.238 e. The maximum atomic E-state index is 13.0. The van der Waals surface area contributed by atoms with Gasteiger partial charge in [0, 0.05) is 37.9 Å². The first-order valence-electron chi connectivity index (χ1n) is 11.1. The molecule has 0 N–H and O–H groups in total. The van der Waals surface area contributed by atoms with Crippen LogP contribution in [0.3, 0.4) is 0 Å². The highest BCUT2D eigenvalue weighted by Gasteiger charge is 2.37. The van der Waals surface area contributed by atoms with Crippen molar-refractivity contribution in [3.05, 3.63) is 11.8 Å². The Hall–Kier alpha value is -1.92. The summed E-state index contributed by atoms with van der Waals surface area (Å²) in [5.74, 6) is 2.18. The summed E-state index contributed by atoms with van der Waals surface area (Å²) < 4.78 is 6.11. The second-order valence-corrected chi connectivity index (χ2v) is 8.51. The van der Waals surface area contributed by atoms with Crippen LogP contribution in [0.25, 0.3) is 0 Å². The molecular formula is C21H32N4O3. The van der Waals surface area contributed by atoms with Gasteiger partial charge in [-0.3, -0.25) is 9.59 Å². The van der Waals surface area contributed by atoms with Crippen LogP contribution in [0, 0.1) is 5.92 Å². The van der Waals surface area contributed by atoms with E-state index in [2.05, 4.69) is 10.2 Å². The monoisotopic (exact) mass is 388 g/mol. The molecule has 0 spiro atoms. The third-order valence-electron chi connectivity index (χ3n) is 6.73. The summed E-state index contributed by atoms with van der Waals surface area (Å²) in [6, 6.07) is -0.0649. The lowest BCUT2D eigenvalue weighted by Crippen LogP contribution is -2.41. The fraction of sp³-hybridized carbons (Fsp3) is 0.810. The first kappa shape index (κ1) is 19.4. The Morgan fingerprint density at radius 3 is 2.32 bits per heavy atom. The summed E-state index contributed by atoms with van der Waals surface area (Å²) in [5.41, 5.74) is 0. The highest BCUT2D eigenvalue weighted by atomic mass is 16.4. The SMILES string of the molecule is CCC(=O)N1CCC(c2nnc([C@@H]3CCCCN3C(=O)C3CCCC3)o2)CC1. The van der Waals surface area contributed by atoms with Gasteiger partial charge < -0.3 is 14.2 Å². The Morgan fingerprint density at radius 1 is 0.929 bits per heavy atom. The van der Waals surface area contributed by atoms with E-state index in [1.54, 1.807) is 0 Å². The van der Waals surface area contributed by atoms with Crippen LogP contribution in [0.5, 0.6) is 0 Å². The number of nitrogens with zero attached hydrogens (tertiary/aromatic N) is 4. The standard InChI is InChI=1S/C21H32N4O3/c1-2-18(26)24-13-10-15(11-14-24)19-22-23-20(28-19)17-9-5-6-12-25(17)21(27)16-7-3-4-8-16/h15-17H,2-14H2,1H3/t17-/m0/s1. The van der Waals surface area contributed by atoms with Crippen LogP contribution < -0.4 is 0 Å². The average Bonchev–Trinajstić information content (AvgIpc) is 3.45. The highest BCUT2D eigenvalue weighted by Crippen LogP contribution is 2.36. The second-order valence-electron chi connectivity index (χ2n) is 8.51. The molecule has 2 aliphatic heterocycles. The fourth-order valence-electron chi connectivity index (χ4n) is 5.00. The van der Waals surface area contributed by atoms with Crippen molar-refractivity contribution in [2.24, 2.45) is 5.92 Å². The molecule has 7 heteroatoms. The minimum atomic E-state index is -0.0649. The van der Waals surface area contributed by atoms with Crippen molar-refractivity contribution < 1.29 is 14.0 Å². The van der Waals surface area contributed by atoms with Crippen LogP contribution in [-0.2, 0) is 9.59 Å². The van der Waals surface area contributed by atoms with Gasteiger partial charge in [0.2, 0.25) is 23.6 Å². The molecule has 3 heterocycles. The van der Waals surface area contributed by atoms with Gasteiger partial charge in [0.1, 0.15) is 6.04 Å². The first-order chi connectivity index (χ1) is 13.7. The van der Waals surface area contributed by atoms with Gasteiger partial charge >= 0.3 is 0 Å². The average molecular weight is 389 g/mol. The minimum absolute atomic E-state index is 0.0649. The quantitative estimate of drug-likeness (QED) is 0.789. The molecule has 1 aliphatic carbocycles. The Bertz CT molecular complexity index is 690. The first-order valence-corrected chi connectivity index (χ1v) is 11.1. The van der Waals surface area contributed by atoms with E-state index in [1.807, 2.05) is 16.7 Å². The van der Waals surface area contributed by atoms with Crippen molar-refractivity contribution in [2.45, 2.75) is 83.1 Å². The molecule has 7 nitrogen and oxygen atoms in total. The van der Waals surface area contributed by atoms with E-state index < -0.39 is 0 Å². The number of rotatable bonds is 4. The van der Waals surface area contributed by atoms with Crippen molar-refractivity contribution in [1.29, 1.82) is 0 Å². The normalized spacial score (nSPS) is 24.7. The topological polar surface area (TPSA) is 79.5 Å². The summed E-state index contributed by atoms with van der Waals surface area (Å²) in [6.45, 7) is 4.21. The molecule has 3 fully saturated rings. The molecular weight excluding hydrogens is 356 g/mol. The second kappa shape index (κ2) is 8.62. The van der Waals surface area contributed by atoms with E-state index in [0.29, 0.717) is 18.2 Å². The zero-order valence-corrected chi connectivity index (χ0v) is 16.9. The minimum Gasteiger partial charge on any atom is -0.423 e. The number of aromatic nitrogens is 2. The molecule has 0 unspecified atom stereocenters. The Morgan fingerprint density at radius 2 is 1.61 bits per heavy atom. The van der Waals surface area contributed by atoms with Gasteiger partial charge in [-0.05, 0) is 44.9 Å². The molecule has 1 saturated carbocycles. The van der Waals surface area contributed by atoms with E-state index in [0.717, 1.165) is 64.6 Å². The van der Waals surface area contributed by atoms with Gasteiger partial charge in [-0.2, -0.15) is 0 Å². The van der Waals surface area contributed by atoms with E-state index in [4.69, 9.17) is 4.42 Å². The number of amides is 2. The van der Waals surface area contributed by atoms with E-state index in [1.165, 1.54) is 12.8 Å². The predicted octanol–water partition coefficient (Wildman–Crippen LogP) is 3.43. The zero-order chi connectivity index (χ0) is 19.5. The maximum absolute atomic E-state index is 13.0. The van der Waals surface area contributed by atoms with E-state index in [9.17, 15) is 9.59 Å². The third kappa shape index (κ3) is 3.94. The molecule has 0 radical (unpaired) electrons. The number of carbonyl (C=O) groups is 2. The van der Waals surface area contributed by atoms with E-state index in [-0.39, 0.29) is 29.7 Å². The molecule has 1 atom stereocenters. The van der Waals surface area contributed by atoms with Crippen molar-refractivity contribution in [2.75, 3.05) is 19.6 Å². The largest absolute Gasteiger partial charge is 0.423 e. The number of piperidine rings is 2. The Labute approximate surface area is 166 Å². The van der Waals surface area contributed by atoms with Crippen molar-refractivity contribution in [3.63, 3.8) is 0 Å². The van der Waals surface area contributed by atoms with Gasteiger partial charge in [0.05, 0.1) is 0 Å². The highest BCUT2D eigenvalue weighted by molar-refractivity contribution is 5.79. The zero-order valence-electron chi connectivity index (χ0n) is 16.9. The van der Waals surface area contributed by atoms with Crippen LogP contribution in [0.2, 0.25) is 0 Å². The van der Waals surface area contributed by atoms with Gasteiger partial charge in [-0.15, -0.1) is 10.2 Å². The lowest BCUT2D eigenvalue weighted by Gasteiger charge is -2.35. The van der Waals surface area contributed by atoms with Crippen molar-refractivity contribution in [3.8, 4) is 0 Å². The molecule has 4 rings (SSSR count). The summed E-state index contributed by atoms with van der Waals surface area (Å²) in [5, 5.41) is 8.69. The Kier molecular flexibility index (Phi) is 5.97. The van der Waals surface area contributed by atoms with Crippen LogP contribution in [0.4, 0.5) is 0 Å². The van der Waals surface area contributed by atoms with Crippen LogP contribution in [0.1, 0.15) is 94.9 Å². The number of hydrogen-bond donors (Lipinski definition) is 0. The van der Waals surface area contributed by atoms with Gasteiger partial charge in [0.15, 0.2) is 0 Å². The van der Waals surface area contributed by atoms with Gasteiger partial charge in [0.25, 0.3) is 0 Å². The summed E-state index contributed by atoms with van der Waals surface area (Å²) in [6.07, 6.45) is 9.71. The summed E-state index contributed by atoms with van der Waals surface area (Å²) in [7, 11) is 0. The third-order valence-corrected chi connectivity index (χ3v) is 6.73. The van der Waals surface area contributed by atoms with Crippen molar-refractivity contribution >= 4 is 11.8 Å². The van der Waals surface area contributed by atoms with E-state index >= 15 is 0 Å². The fourth-order valence-corrected chi connectivity index (χ4v) is 5.00. The summed E-state index contributed by atoms with van der Waals surface area (Å²) >= 11 is 0. The molecule has 1 aromatic rings. The number of carbonyl (C=O) groups excluding carboxylic acids is 2. The molecule has 28 heavy (non-hydrogen) atoms. The molecule has 3 aliphatic rings. The Balaban J connectivity index is 1.42. The van der Waals surface area contributed by atoms with Crippen LogP contribution in [-0.4, -0.2) is 51.4 Å². The maximum Gasteiger partial charge on any atom is 0.238 e. The van der Waals surface area contributed by atoms with Crippen molar-refractivity contribution in [1.82, 2.24) is 20.0 Å².